The molecule has 0 heterocycles. The van der Waals surface area contributed by atoms with Crippen LogP contribution in [-0.2, 0) is 4.79 Å². The predicted molar refractivity (Wildman–Crippen MR) is 65.5 cm³/mol. The molecule has 1 aromatic carbocycles. The van der Waals surface area contributed by atoms with Gasteiger partial charge < -0.3 is 10.8 Å². The number of hydrogen-bond donors (Lipinski definition) is 2. The van der Waals surface area contributed by atoms with Crippen LogP contribution in [0.5, 0.6) is 0 Å². The highest BCUT2D eigenvalue weighted by molar-refractivity contribution is 14.1. The third-order valence-electron chi connectivity index (χ3n) is 1.72. The Morgan fingerprint density at radius 2 is 1.86 bits per heavy atom. The van der Waals surface area contributed by atoms with Crippen LogP contribution in [0.3, 0.4) is 0 Å². The van der Waals surface area contributed by atoms with E-state index < -0.39 is 12.0 Å². The second-order valence-electron chi connectivity index (χ2n) is 2.68. The van der Waals surface area contributed by atoms with Gasteiger partial charge in [0.15, 0.2) is 0 Å². The highest BCUT2D eigenvalue weighted by atomic mass is 127. The molecule has 2 atom stereocenters. The van der Waals surface area contributed by atoms with Crippen LogP contribution < -0.4 is 5.73 Å². The van der Waals surface area contributed by atoms with Crippen LogP contribution in [0.4, 0.5) is 0 Å². The van der Waals surface area contributed by atoms with Crippen LogP contribution in [-0.4, -0.2) is 17.1 Å². The van der Waals surface area contributed by atoms with Gasteiger partial charge in [0.1, 0.15) is 6.04 Å². The summed E-state index contributed by atoms with van der Waals surface area (Å²) in [6, 6.07) is 8.53. The molecule has 0 aliphatic heterocycles. The maximum Gasteiger partial charge on any atom is 0.321 e. The van der Waals surface area contributed by atoms with Gasteiger partial charge >= 0.3 is 5.97 Å². The van der Waals surface area contributed by atoms with Crippen molar-refractivity contribution in [3.05, 3.63) is 35.9 Å². The van der Waals surface area contributed by atoms with E-state index >= 15 is 0 Å². The van der Waals surface area contributed by atoms with Crippen molar-refractivity contribution in [2.75, 3.05) is 0 Å². The normalized spacial score (nSPS) is 13.9. The number of nitrogens with two attached hydrogens (primary N) is 1. The number of carboxylic acid groups (broad SMARTS) is 1. The molecule has 0 amide bonds. The van der Waals surface area contributed by atoms with Crippen molar-refractivity contribution in [2.24, 2.45) is 5.73 Å². The van der Waals surface area contributed by atoms with E-state index in [1.54, 1.807) is 0 Å². The summed E-state index contributed by atoms with van der Waals surface area (Å²) >= 11 is 2.04. The third kappa shape index (κ3) is 3.26. The summed E-state index contributed by atoms with van der Waals surface area (Å²) in [6.45, 7) is 0. The van der Waals surface area contributed by atoms with Gasteiger partial charge in [-0.3, -0.25) is 4.79 Å². The summed E-state index contributed by atoms with van der Waals surface area (Å²) < 4.78 is -0.184. The minimum Gasteiger partial charge on any atom is -0.480 e. The minimum absolute atomic E-state index is 0. The standard InChI is InChI=1S/C9H10INO2.CH4/c10-7(8(11)9(12)13)6-4-2-1-3-5-6;/h1-5,7-8H,11H2,(H,12,13);1H4/t7?,8-;/m1./s1. The lowest BCUT2D eigenvalue weighted by atomic mass is 10.1. The number of aliphatic carboxylic acids is 1. The van der Waals surface area contributed by atoms with Crippen molar-refractivity contribution in [2.45, 2.75) is 17.4 Å². The highest BCUT2D eigenvalue weighted by Crippen LogP contribution is 2.25. The lowest BCUT2D eigenvalue weighted by Gasteiger charge is -2.13. The maximum atomic E-state index is 10.6. The molecule has 3 N–H and O–H groups in total. The molecule has 0 bridgehead atoms. The Kier molecular flexibility index (Phi) is 5.71. The molecule has 0 spiro atoms. The van der Waals surface area contributed by atoms with E-state index in [0.717, 1.165) is 5.56 Å². The third-order valence-corrected chi connectivity index (χ3v) is 3.21. The van der Waals surface area contributed by atoms with E-state index in [2.05, 4.69) is 0 Å². The number of hydrogen-bond acceptors (Lipinski definition) is 2. The Labute approximate surface area is 97.5 Å². The molecule has 0 radical (unpaired) electrons. The first-order chi connectivity index (χ1) is 6.13. The van der Waals surface area contributed by atoms with E-state index in [-0.39, 0.29) is 11.4 Å². The number of rotatable bonds is 3. The van der Waals surface area contributed by atoms with Crippen molar-refractivity contribution in [1.82, 2.24) is 0 Å². The monoisotopic (exact) mass is 307 g/mol. The van der Waals surface area contributed by atoms with Gasteiger partial charge in [-0.15, -0.1) is 0 Å². The molecule has 78 valence electrons. The minimum atomic E-state index is -0.969. The second kappa shape index (κ2) is 5.98. The van der Waals surface area contributed by atoms with Crippen LogP contribution in [0, 0.1) is 0 Å². The van der Waals surface area contributed by atoms with Gasteiger partial charge in [0.2, 0.25) is 0 Å². The molecule has 4 heteroatoms. The van der Waals surface area contributed by atoms with E-state index in [0.29, 0.717) is 0 Å². The van der Waals surface area contributed by atoms with E-state index in [1.807, 2.05) is 52.9 Å². The van der Waals surface area contributed by atoms with Crippen LogP contribution >= 0.6 is 22.6 Å². The maximum absolute atomic E-state index is 10.6. The zero-order valence-corrected chi connectivity index (χ0v) is 9.01. The molecule has 0 aromatic heterocycles. The first-order valence-electron chi connectivity index (χ1n) is 3.80. The average molecular weight is 307 g/mol. The molecule has 14 heavy (non-hydrogen) atoms. The summed E-state index contributed by atoms with van der Waals surface area (Å²) in [6.07, 6.45) is 0. The first kappa shape index (κ1) is 13.4. The molecule has 1 unspecified atom stereocenters. The summed E-state index contributed by atoms with van der Waals surface area (Å²) in [7, 11) is 0. The summed E-state index contributed by atoms with van der Waals surface area (Å²) in [5, 5.41) is 8.68. The molecular weight excluding hydrogens is 293 g/mol. The Balaban J connectivity index is 0.00000169. The number of halogens is 1. The van der Waals surface area contributed by atoms with Crippen molar-refractivity contribution < 1.29 is 9.90 Å². The SMILES string of the molecule is C.N[C@@H](C(=O)O)C(I)c1ccccc1. The van der Waals surface area contributed by atoms with Gasteiger partial charge in [-0.05, 0) is 5.56 Å². The zero-order valence-electron chi connectivity index (χ0n) is 6.85. The predicted octanol–water partition coefficient (Wildman–Crippen LogP) is 2.21. The lowest BCUT2D eigenvalue weighted by molar-refractivity contribution is -0.138. The smallest absolute Gasteiger partial charge is 0.321 e. The number of carboxylic acids is 1. The number of alkyl halides is 1. The molecule has 0 saturated carbocycles. The molecule has 0 saturated heterocycles. The Morgan fingerprint density at radius 3 is 2.29 bits per heavy atom. The fourth-order valence-electron chi connectivity index (χ4n) is 0.969. The van der Waals surface area contributed by atoms with Crippen molar-refractivity contribution in [1.29, 1.82) is 0 Å². The van der Waals surface area contributed by atoms with Crippen molar-refractivity contribution in [3.8, 4) is 0 Å². The van der Waals surface area contributed by atoms with Gasteiger partial charge in [-0.1, -0.05) is 60.3 Å². The van der Waals surface area contributed by atoms with Gasteiger partial charge in [0, 0.05) is 0 Å². The average Bonchev–Trinajstić information content (AvgIpc) is 2.17. The van der Waals surface area contributed by atoms with Crippen LogP contribution in [0.15, 0.2) is 30.3 Å². The van der Waals surface area contributed by atoms with Crippen LogP contribution in [0.1, 0.15) is 16.9 Å². The largest absolute Gasteiger partial charge is 0.480 e. The van der Waals surface area contributed by atoms with Gasteiger partial charge in [0.05, 0.1) is 3.92 Å². The molecule has 3 nitrogen and oxygen atoms in total. The van der Waals surface area contributed by atoms with Gasteiger partial charge in [-0.25, -0.2) is 0 Å². The summed E-state index contributed by atoms with van der Waals surface area (Å²) in [5.74, 6) is -0.969. The summed E-state index contributed by atoms with van der Waals surface area (Å²) in [4.78, 5) is 10.6. The number of carbonyl (C=O) groups is 1. The van der Waals surface area contributed by atoms with Crippen molar-refractivity contribution in [3.63, 3.8) is 0 Å². The van der Waals surface area contributed by atoms with Gasteiger partial charge in [0.25, 0.3) is 0 Å². The molecule has 1 rings (SSSR count). The second-order valence-corrected chi connectivity index (χ2v) is 4.02. The molecule has 1 aromatic rings. The first-order valence-corrected chi connectivity index (χ1v) is 5.05. The molecular formula is C10H14INO2. The molecule has 0 aliphatic carbocycles. The summed E-state index contributed by atoms with van der Waals surface area (Å²) in [5.41, 5.74) is 6.43. The Hall–Kier alpha value is -0.620. The quantitative estimate of drug-likeness (QED) is 0.665. The highest BCUT2D eigenvalue weighted by Gasteiger charge is 2.22. The fraction of sp³-hybridized carbons (Fsp3) is 0.300. The van der Waals surface area contributed by atoms with E-state index in [4.69, 9.17) is 10.8 Å². The molecule has 0 aliphatic rings. The number of benzene rings is 1. The van der Waals surface area contributed by atoms with Crippen LogP contribution in [0.2, 0.25) is 0 Å². The van der Waals surface area contributed by atoms with E-state index in [1.165, 1.54) is 0 Å². The van der Waals surface area contributed by atoms with Gasteiger partial charge in [-0.2, -0.15) is 0 Å². The van der Waals surface area contributed by atoms with Crippen molar-refractivity contribution >= 4 is 28.6 Å². The Morgan fingerprint density at radius 1 is 1.36 bits per heavy atom. The lowest BCUT2D eigenvalue weighted by Crippen LogP contribution is -2.33. The fourth-order valence-corrected chi connectivity index (χ4v) is 1.69. The zero-order chi connectivity index (χ0) is 9.84. The topological polar surface area (TPSA) is 63.3 Å². The van der Waals surface area contributed by atoms with Crippen LogP contribution in [0.25, 0.3) is 0 Å². The Bertz CT molecular complexity index is 289. The molecule has 0 fully saturated rings. The van der Waals surface area contributed by atoms with E-state index in [9.17, 15) is 4.79 Å².